The molecule has 0 spiro atoms. The van der Waals surface area contributed by atoms with Crippen molar-refractivity contribution in [1.82, 2.24) is 15.0 Å². The van der Waals surface area contributed by atoms with Crippen molar-refractivity contribution in [2.24, 2.45) is 0 Å². The number of hydrogen-bond donors (Lipinski definition) is 0. The van der Waals surface area contributed by atoms with Gasteiger partial charge in [-0.05, 0) is 35.5 Å². The Morgan fingerprint density at radius 3 is 2.34 bits per heavy atom. The average Bonchev–Trinajstić information content (AvgIpc) is 3.23. The van der Waals surface area contributed by atoms with Gasteiger partial charge < -0.3 is 4.42 Å². The van der Waals surface area contributed by atoms with E-state index in [-0.39, 0.29) is 0 Å². The van der Waals surface area contributed by atoms with Crippen LogP contribution in [0.4, 0.5) is 0 Å². The molecule has 1 aliphatic carbocycles. The highest BCUT2D eigenvalue weighted by molar-refractivity contribution is 9.11. The van der Waals surface area contributed by atoms with Gasteiger partial charge >= 0.3 is 0 Å². The molecule has 0 saturated carbocycles. The van der Waals surface area contributed by atoms with E-state index in [9.17, 15) is 0 Å². The molecule has 1 aliphatic rings. The standard InChI is InChI=1S/C27H18BrN3O/c28-19-11-6-10-18(16-19)26-29-25(17-8-2-1-3-9-17)30-27(31-26)22-14-7-13-21-20-12-4-5-15-23(20)32-24(21)22/h1-5,7-10,12-16H,6,11H2. The minimum absolute atomic E-state index is 0.606. The molecule has 0 atom stereocenters. The summed E-state index contributed by atoms with van der Waals surface area (Å²) in [5.74, 6) is 1.92. The second-order valence-corrected chi connectivity index (χ2v) is 8.76. The highest BCUT2D eigenvalue weighted by Gasteiger charge is 2.18. The zero-order chi connectivity index (χ0) is 21.5. The minimum Gasteiger partial charge on any atom is -0.455 e. The van der Waals surface area contributed by atoms with Crippen molar-refractivity contribution >= 4 is 43.4 Å². The third kappa shape index (κ3) is 3.35. The summed E-state index contributed by atoms with van der Waals surface area (Å²) in [7, 11) is 0. The number of hydrogen-bond acceptors (Lipinski definition) is 4. The molecule has 0 unspecified atom stereocenters. The Morgan fingerprint density at radius 1 is 0.719 bits per heavy atom. The number of allylic oxidation sites excluding steroid dienone is 4. The van der Waals surface area contributed by atoms with Crippen molar-refractivity contribution in [3.8, 4) is 22.8 Å². The van der Waals surface area contributed by atoms with Crippen LogP contribution in [0.25, 0.3) is 50.3 Å². The van der Waals surface area contributed by atoms with E-state index in [2.05, 4.69) is 40.2 Å². The third-order valence-electron chi connectivity index (χ3n) is 5.63. The van der Waals surface area contributed by atoms with Gasteiger partial charge in [-0.25, -0.2) is 15.0 Å². The zero-order valence-corrected chi connectivity index (χ0v) is 18.7. The highest BCUT2D eigenvalue weighted by atomic mass is 79.9. The normalized spacial score (nSPS) is 13.9. The number of fused-ring (bicyclic) bond motifs is 3. The first kappa shape index (κ1) is 19.1. The van der Waals surface area contributed by atoms with Crippen molar-refractivity contribution in [1.29, 1.82) is 0 Å². The lowest BCUT2D eigenvalue weighted by molar-refractivity contribution is 0.669. The van der Waals surface area contributed by atoms with Crippen LogP contribution in [0.1, 0.15) is 18.7 Å². The van der Waals surface area contributed by atoms with Gasteiger partial charge in [0.25, 0.3) is 0 Å². The number of rotatable bonds is 3. The number of furan rings is 1. The maximum atomic E-state index is 6.25. The van der Waals surface area contributed by atoms with Gasteiger partial charge in [0.15, 0.2) is 17.5 Å². The van der Waals surface area contributed by atoms with Crippen molar-refractivity contribution in [2.45, 2.75) is 12.8 Å². The molecular formula is C27H18BrN3O. The number of aromatic nitrogens is 3. The molecule has 0 N–H and O–H groups in total. The maximum absolute atomic E-state index is 6.25. The van der Waals surface area contributed by atoms with E-state index < -0.39 is 0 Å². The molecule has 3 aromatic carbocycles. The lowest BCUT2D eigenvalue weighted by atomic mass is 10.1. The van der Waals surface area contributed by atoms with Crippen molar-refractivity contribution in [3.05, 3.63) is 95.3 Å². The maximum Gasteiger partial charge on any atom is 0.167 e. The lowest BCUT2D eigenvalue weighted by Crippen LogP contribution is -2.03. The molecule has 32 heavy (non-hydrogen) atoms. The average molecular weight is 480 g/mol. The molecule has 4 nitrogen and oxygen atoms in total. The van der Waals surface area contributed by atoms with Crippen LogP contribution in [0.15, 0.2) is 93.8 Å². The Hall–Kier alpha value is -3.57. The SMILES string of the molecule is BrC1=CC(c2nc(-c3ccccc3)nc(-c3cccc4c3oc3ccccc34)n2)=CCC1. The quantitative estimate of drug-likeness (QED) is 0.267. The third-order valence-corrected chi connectivity index (χ3v) is 6.26. The van der Waals surface area contributed by atoms with Gasteiger partial charge in [0.05, 0.1) is 5.56 Å². The van der Waals surface area contributed by atoms with E-state index in [1.807, 2.05) is 60.7 Å². The van der Waals surface area contributed by atoms with E-state index in [1.165, 1.54) is 0 Å². The first-order valence-electron chi connectivity index (χ1n) is 10.5. The van der Waals surface area contributed by atoms with E-state index >= 15 is 0 Å². The molecule has 6 rings (SSSR count). The van der Waals surface area contributed by atoms with Crippen molar-refractivity contribution < 1.29 is 4.42 Å². The highest BCUT2D eigenvalue weighted by Crippen LogP contribution is 2.35. The van der Waals surface area contributed by atoms with Crippen LogP contribution in [0.3, 0.4) is 0 Å². The predicted octanol–water partition coefficient (Wildman–Crippen LogP) is 7.56. The van der Waals surface area contributed by atoms with Crippen LogP contribution in [-0.2, 0) is 0 Å². The largest absolute Gasteiger partial charge is 0.455 e. The van der Waals surface area contributed by atoms with E-state index in [1.54, 1.807) is 0 Å². The monoisotopic (exact) mass is 479 g/mol. The molecule has 5 aromatic rings. The van der Waals surface area contributed by atoms with Crippen LogP contribution >= 0.6 is 15.9 Å². The number of benzene rings is 3. The summed E-state index contributed by atoms with van der Waals surface area (Å²) >= 11 is 3.64. The van der Waals surface area contributed by atoms with Crippen LogP contribution in [0.5, 0.6) is 0 Å². The molecule has 2 aromatic heterocycles. The lowest BCUT2D eigenvalue weighted by Gasteiger charge is -2.12. The molecule has 0 aliphatic heterocycles. The van der Waals surface area contributed by atoms with Crippen molar-refractivity contribution in [2.75, 3.05) is 0 Å². The molecule has 5 heteroatoms. The number of para-hydroxylation sites is 2. The summed E-state index contributed by atoms with van der Waals surface area (Å²) in [6.07, 6.45) is 6.22. The second kappa shape index (κ2) is 7.84. The van der Waals surface area contributed by atoms with Gasteiger partial charge in [-0.1, -0.05) is 82.7 Å². The van der Waals surface area contributed by atoms with E-state index in [0.29, 0.717) is 17.5 Å². The molecule has 0 radical (unpaired) electrons. The topological polar surface area (TPSA) is 51.8 Å². The van der Waals surface area contributed by atoms with Gasteiger partial charge in [-0.3, -0.25) is 0 Å². The van der Waals surface area contributed by atoms with E-state index in [4.69, 9.17) is 19.4 Å². The smallest absolute Gasteiger partial charge is 0.167 e. The fourth-order valence-corrected chi connectivity index (χ4v) is 4.56. The summed E-state index contributed by atoms with van der Waals surface area (Å²) in [5.41, 5.74) is 4.46. The summed E-state index contributed by atoms with van der Waals surface area (Å²) < 4.78 is 7.40. The molecule has 0 amide bonds. The van der Waals surface area contributed by atoms with Crippen LogP contribution in [0.2, 0.25) is 0 Å². The van der Waals surface area contributed by atoms with Crippen LogP contribution < -0.4 is 0 Å². The second-order valence-electron chi connectivity index (χ2n) is 7.74. The summed E-state index contributed by atoms with van der Waals surface area (Å²) in [6, 6.07) is 24.2. The fourth-order valence-electron chi connectivity index (χ4n) is 4.09. The zero-order valence-electron chi connectivity index (χ0n) is 17.1. The summed E-state index contributed by atoms with van der Waals surface area (Å²) in [6.45, 7) is 0. The van der Waals surface area contributed by atoms with Gasteiger partial charge in [0.2, 0.25) is 0 Å². The fraction of sp³-hybridized carbons (Fsp3) is 0.0741. The number of nitrogens with zero attached hydrogens (tertiary/aromatic N) is 3. The Bertz CT molecular complexity index is 1530. The van der Waals surface area contributed by atoms with Gasteiger partial charge in [0, 0.05) is 21.9 Å². The Labute approximate surface area is 193 Å². The molecule has 2 heterocycles. The van der Waals surface area contributed by atoms with Gasteiger partial charge in [-0.15, -0.1) is 0 Å². The molecule has 0 fully saturated rings. The molecular weight excluding hydrogens is 462 g/mol. The Balaban J connectivity index is 1.61. The molecule has 0 bridgehead atoms. The minimum atomic E-state index is 0.606. The van der Waals surface area contributed by atoms with Crippen LogP contribution in [0, 0.1) is 0 Å². The number of halogens is 1. The van der Waals surface area contributed by atoms with E-state index in [0.717, 1.165) is 56.0 Å². The predicted molar refractivity (Wildman–Crippen MR) is 132 cm³/mol. The molecule has 0 saturated heterocycles. The summed E-state index contributed by atoms with van der Waals surface area (Å²) in [4.78, 5) is 14.6. The molecule has 154 valence electrons. The Kier molecular flexibility index (Phi) is 4.69. The van der Waals surface area contributed by atoms with Gasteiger partial charge in [-0.2, -0.15) is 0 Å². The van der Waals surface area contributed by atoms with Crippen molar-refractivity contribution in [3.63, 3.8) is 0 Å². The Morgan fingerprint density at radius 2 is 1.47 bits per heavy atom. The first-order chi connectivity index (χ1) is 15.8. The first-order valence-corrected chi connectivity index (χ1v) is 11.3. The van der Waals surface area contributed by atoms with Crippen LogP contribution in [-0.4, -0.2) is 15.0 Å². The summed E-state index contributed by atoms with van der Waals surface area (Å²) in [5, 5.41) is 2.14. The van der Waals surface area contributed by atoms with Gasteiger partial charge in [0.1, 0.15) is 11.2 Å².